The highest BCUT2D eigenvalue weighted by Crippen LogP contribution is 2.36. The molecule has 126 valence electrons. The van der Waals surface area contributed by atoms with Crippen molar-refractivity contribution in [3.05, 3.63) is 27.8 Å². The first-order valence-corrected chi connectivity index (χ1v) is 7.18. The smallest absolute Gasteiger partial charge is 0.277 e. The fraction of sp³-hybridized carbons (Fsp3) is 0.500. The first kappa shape index (κ1) is 17.3. The number of nitro groups is 1. The summed E-state index contributed by atoms with van der Waals surface area (Å²) in [5, 5.41) is 17.1. The predicted octanol–water partition coefficient (Wildman–Crippen LogP) is 0.666. The minimum Gasteiger partial charge on any atom is -0.486 e. The highest BCUT2D eigenvalue weighted by Gasteiger charge is 2.24. The van der Waals surface area contributed by atoms with E-state index >= 15 is 0 Å². The maximum Gasteiger partial charge on any atom is 0.277 e. The van der Waals surface area contributed by atoms with Gasteiger partial charge in [0.2, 0.25) is 5.91 Å². The molecule has 2 heterocycles. The van der Waals surface area contributed by atoms with Gasteiger partial charge in [-0.1, -0.05) is 0 Å². The number of carbonyl (C=O) groups is 1. The Morgan fingerprint density at radius 3 is 2.52 bits per heavy atom. The van der Waals surface area contributed by atoms with Crippen LogP contribution in [0.3, 0.4) is 0 Å². The summed E-state index contributed by atoms with van der Waals surface area (Å²) in [4.78, 5) is 22.7. The fourth-order valence-corrected chi connectivity index (χ4v) is 2.42. The van der Waals surface area contributed by atoms with Crippen LogP contribution >= 0.6 is 12.4 Å². The number of hydrogen-bond donors (Lipinski definition) is 2. The SMILES string of the molecule is Cl.O=C(Cc1cc2c(cc1[N+](=O)[O-])OCCO2)NCC1CNC1. The number of halogens is 1. The summed E-state index contributed by atoms with van der Waals surface area (Å²) in [5.74, 6) is 1.01. The summed E-state index contributed by atoms with van der Waals surface area (Å²) in [6.45, 7) is 3.13. The minimum absolute atomic E-state index is 0. The molecule has 8 nitrogen and oxygen atoms in total. The first-order chi connectivity index (χ1) is 10.6. The van der Waals surface area contributed by atoms with Crippen molar-refractivity contribution >= 4 is 24.0 Å². The standard InChI is InChI=1S/C14H17N3O5.ClH/c18-14(16-8-9-6-15-7-9)4-10-3-12-13(22-2-1-21-12)5-11(10)17(19)20;/h3,5,9,15H,1-2,4,6-8H2,(H,16,18);1H. The van der Waals surface area contributed by atoms with E-state index in [9.17, 15) is 14.9 Å². The summed E-state index contributed by atoms with van der Waals surface area (Å²) >= 11 is 0. The number of hydrogen-bond acceptors (Lipinski definition) is 6. The van der Waals surface area contributed by atoms with Gasteiger partial charge in [0.25, 0.3) is 5.69 Å². The van der Waals surface area contributed by atoms with Crippen LogP contribution in [-0.2, 0) is 11.2 Å². The second-order valence-corrected chi connectivity index (χ2v) is 5.39. The molecular formula is C14H18ClN3O5. The van der Waals surface area contributed by atoms with E-state index in [2.05, 4.69) is 10.6 Å². The van der Waals surface area contributed by atoms with Crippen molar-refractivity contribution < 1.29 is 19.2 Å². The number of ether oxygens (including phenoxy) is 2. The molecule has 0 saturated carbocycles. The van der Waals surface area contributed by atoms with Gasteiger partial charge >= 0.3 is 0 Å². The zero-order valence-corrected chi connectivity index (χ0v) is 13.2. The number of carbonyl (C=O) groups excluding carboxylic acids is 1. The Kier molecular flexibility index (Phi) is 5.62. The first-order valence-electron chi connectivity index (χ1n) is 7.18. The van der Waals surface area contributed by atoms with Crippen LogP contribution in [0.15, 0.2) is 12.1 Å². The summed E-state index contributed by atoms with van der Waals surface area (Å²) < 4.78 is 10.8. The molecule has 0 aliphatic carbocycles. The van der Waals surface area contributed by atoms with Gasteiger partial charge in [0.1, 0.15) is 13.2 Å². The maximum atomic E-state index is 12.0. The molecule has 1 saturated heterocycles. The second-order valence-electron chi connectivity index (χ2n) is 5.39. The Morgan fingerprint density at radius 2 is 1.96 bits per heavy atom. The van der Waals surface area contributed by atoms with Crippen LogP contribution < -0.4 is 20.1 Å². The van der Waals surface area contributed by atoms with Crippen molar-refractivity contribution in [1.29, 1.82) is 0 Å². The van der Waals surface area contributed by atoms with Crippen LogP contribution in [0.25, 0.3) is 0 Å². The molecule has 3 rings (SSSR count). The third kappa shape index (κ3) is 4.02. The van der Waals surface area contributed by atoms with E-state index < -0.39 is 4.92 Å². The Morgan fingerprint density at radius 1 is 1.30 bits per heavy atom. The lowest BCUT2D eigenvalue weighted by molar-refractivity contribution is -0.385. The zero-order chi connectivity index (χ0) is 15.5. The summed E-state index contributed by atoms with van der Waals surface area (Å²) in [7, 11) is 0. The molecule has 1 aromatic carbocycles. The van der Waals surface area contributed by atoms with E-state index in [-0.39, 0.29) is 30.4 Å². The molecule has 23 heavy (non-hydrogen) atoms. The highest BCUT2D eigenvalue weighted by atomic mass is 35.5. The van der Waals surface area contributed by atoms with Crippen LogP contribution in [0.2, 0.25) is 0 Å². The van der Waals surface area contributed by atoms with Gasteiger partial charge < -0.3 is 20.1 Å². The molecule has 1 fully saturated rings. The molecule has 9 heteroatoms. The van der Waals surface area contributed by atoms with Crippen molar-refractivity contribution in [2.45, 2.75) is 6.42 Å². The molecule has 0 spiro atoms. The van der Waals surface area contributed by atoms with Gasteiger partial charge in [0.15, 0.2) is 11.5 Å². The molecule has 0 unspecified atom stereocenters. The lowest BCUT2D eigenvalue weighted by Crippen LogP contribution is -2.48. The molecular weight excluding hydrogens is 326 g/mol. The number of benzene rings is 1. The van der Waals surface area contributed by atoms with Gasteiger partial charge in [0, 0.05) is 31.1 Å². The average molecular weight is 344 g/mol. The fourth-order valence-electron chi connectivity index (χ4n) is 2.42. The monoisotopic (exact) mass is 343 g/mol. The molecule has 1 aromatic rings. The minimum atomic E-state index is -0.503. The molecule has 2 N–H and O–H groups in total. The van der Waals surface area contributed by atoms with Gasteiger partial charge in [-0.2, -0.15) is 0 Å². The Balaban J connectivity index is 0.00000192. The van der Waals surface area contributed by atoms with Gasteiger partial charge in [-0.05, 0) is 6.07 Å². The van der Waals surface area contributed by atoms with Crippen LogP contribution in [0, 0.1) is 16.0 Å². The number of nitrogens with one attached hydrogen (secondary N) is 2. The van der Waals surface area contributed by atoms with Crippen LogP contribution in [-0.4, -0.2) is 43.7 Å². The normalized spacial score (nSPS) is 16.0. The van der Waals surface area contributed by atoms with E-state index in [1.807, 2.05) is 0 Å². The largest absolute Gasteiger partial charge is 0.486 e. The van der Waals surface area contributed by atoms with Gasteiger partial charge in [-0.3, -0.25) is 14.9 Å². The number of nitro benzene ring substituents is 1. The molecule has 1 amide bonds. The predicted molar refractivity (Wildman–Crippen MR) is 84.4 cm³/mol. The van der Waals surface area contributed by atoms with Gasteiger partial charge in [0.05, 0.1) is 17.4 Å². The molecule has 0 aromatic heterocycles. The topological polar surface area (TPSA) is 103 Å². The van der Waals surface area contributed by atoms with Crippen molar-refractivity contribution in [2.24, 2.45) is 5.92 Å². The second kappa shape index (κ2) is 7.47. The van der Waals surface area contributed by atoms with Gasteiger partial charge in [-0.15, -0.1) is 12.4 Å². The van der Waals surface area contributed by atoms with Crippen LogP contribution in [0.4, 0.5) is 5.69 Å². The summed E-state index contributed by atoms with van der Waals surface area (Å²) in [6.07, 6.45) is -0.0485. The van der Waals surface area contributed by atoms with E-state index in [1.54, 1.807) is 0 Å². The molecule has 0 atom stereocenters. The molecule has 2 aliphatic heterocycles. The lowest BCUT2D eigenvalue weighted by atomic mass is 10.0. The van der Waals surface area contributed by atoms with Crippen molar-refractivity contribution in [3.63, 3.8) is 0 Å². The molecule has 0 radical (unpaired) electrons. The highest BCUT2D eigenvalue weighted by molar-refractivity contribution is 5.85. The quantitative estimate of drug-likeness (QED) is 0.601. The van der Waals surface area contributed by atoms with E-state index in [0.717, 1.165) is 13.1 Å². The average Bonchev–Trinajstić information content (AvgIpc) is 2.44. The zero-order valence-electron chi connectivity index (χ0n) is 12.4. The summed E-state index contributed by atoms with van der Waals surface area (Å²) in [6, 6.07) is 2.85. The number of rotatable bonds is 5. The van der Waals surface area contributed by atoms with Crippen molar-refractivity contribution in [1.82, 2.24) is 10.6 Å². The van der Waals surface area contributed by atoms with E-state index in [1.165, 1.54) is 12.1 Å². The van der Waals surface area contributed by atoms with E-state index in [0.29, 0.717) is 42.7 Å². The Labute approximate surface area is 139 Å². The maximum absolute atomic E-state index is 12.0. The summed E-state index contributed by atoms with van der Waals surface area (Å²) in [5.41, 5.74) is 0.211. The number of nitrogens with zero attached hydrogens (tertiary/aromatic N) is 1. The molecule has 0 bridgehead atoms. The Hall–Kier alpha value is -2.06. The van der Waals surface area contributed by atoms with Crippen molar-refractivity contribution in [3.8, 4) is 11.5 Å². The van der Waals surface area contributed by atoms with Crippen LogP contribution in [0.5, 0.6) is 11.5 Å². The molecule has 2 aliphatic rings. The van der Waals surface area contributed by atoms with Gasteiger partial charge in [-0.25, -0.2) is 0 Å². The van der Waals surface area contributed by atoms with Crippen molar-refractivity contribution in [2.75, 3.05) is 32.8 Å². The van der Waals surface area contributed by atoms with Crippen LogP contribution in [0.1, 0.15) is 5.56 Å². The lowest BCUT2D eigenvalue weighted by Gasteiger charge is -2.27. The third-order valence-electron chi connectivity index (χ3n) is 3.75. The third-order valence-corrected chi connectivity index (χ3v) is 3.75. The Bertz CT molecular complexity index is 606. The number of fused-ring (bicyclic) bond motifs is 1. The van der Waals surface area contributed by atoms with E-state index in [4.69, 9.17) is 9.47 Å². The number of amides is 1.